The molecule has 0 spiro atoms. The van der Waals surface area contributed by atoms with Crippen LogP contribution in [0.15, 0.2) is 84.4 Å². The molecular weight excluding hydrogens is 402 g/mol. The number of aliphatic hydroxyl groups is 1. The number of Topliss-reactive ketones (excluding diaryl/α,β-unsaturated/α-hetero) is 1. The van der Waals surface area contributed by atoms with E-state index in [0.717, 1.165) is 0 Å². The number of halogens is 1. The first kappa shape index (κ1) is 19.7. The van der Waals surface area contributed by atoms with Gasteiger partial charge in [0, 0.05) is 11.3 Å². The van der Waals surface area contributed by atoms with Gasteiger partial charge in [-0.2, -0.15) is 0 Å². The molecule has 5 nitrogen and oxygen atoms in total. The van der Waals surface area contributed by atoms with Crippen LogP contribution in [-0.2, 0) is 9.59 Å². The first-order chi connectivity index (χ1) is 14.5. The summed E-state index contributed by atoms with van der Waals surface area (Å²) in [4.78, 5) is 27.4. The van der Waals surface area contributed by atoms with Crippen LogP contribution in [0.4, 0.5) is 5.69 Å². The summed E-state index contributed by atoms with van der Waals surface area (Å²) in [6.45, 7) is 0. The van der Waals surface area contributed by atoms with E-state index in [4.69, 9.17) is 16.3 Å². The summed E-state index contributed by atoms with van der Waals surface area (Å²) in [5.41, 5.74) is 1.62. The number of ketones is 1. The highest BCUT2D eigenvalue weighted by Crippen LogP contribution is 2.42. The number of nitrogens with zero attached hydrogens (tertiary/aromatic N) is 1. The minimum atomic E-state index is -0.769. The van der Waals surface area contributed by atoms with Crippen LogP contribution in [0.1, 0.15) is 17.2 Å². The maximum Gasteiger partial charge on any atom is 0.300 e. The molecular formula is C24H18ClNO4. The zero-order valence-electron chi connectivity index (χ0n) is 16.1. The number of hydrogen-bond acceptors (Lipinski definition) is 4. The van der Waals surface area contributed by atoms with E-state index in [0.29, 0.717) is 22.6 Å². The Morgan fingerprint density at radius 2 is 1.60 bits per heavy atom. The first-order valence-corrected chi connectivity index (χ1v) is 9.65. The Balaban J connectivity index is 1.93. The number of anilines is 1. The number of amides is 1. The van der Waals surface area contributed by atoms with Gasteiger partial charge in [-0.25, -0.2) is 0 Å². The van der Waals surface area contributed by atoms with Gasteiger partial charge < -0.3 is 9.84 Å². The van der Waals surface area contributed by atoms with Gasteiger partial charge in [0.15, 0.2) is 0 Å². The third kappa shape index (κ3) is 3.33. The molecule has 1 aliphatic rings. The smallest absolute Gasteiger partial charge is 0.300 e. The Kier molecular flexibility index (Phi) is 5.29. The molecule has 1 fully saturated rings. The average molecular weight is 420 g/mol. The average Bonchev–Trinajstić information content (AvgIpc) is 3.05. The SMILES string of the molecule is COc1ccc(/C(O)=C2/C(=O)C(=O)N(c3ccccc3)C2c2ccccc2)cc1Cl. The van der Waals surface area contributed by atoms with E-state index in [1.54, 1.807) is 36.4 Å². The van der Waals surface area contributed by atoms with Crippen molar-refractivity contribution in [1.29, 1.82) is 0 Å². The highest BCUT2D eigenvalue weighted by molar-refractivity contribution is 6.51. The molecule has 0 aliphatic carbocycles. The lowest BCUT2D eigenvalue weighted by atomic mass is 9.95. The van der Waals surface area contributed by atoms with Crippen molar-refractivity contribution in [3.05, 3.63) is 101 Å². The van der Waals surface area contributed by atoms with Gasteiger partial charge in [-0.15, -0.1) is 0 Å². The fraction of sp³-hybridized carbons (Fsp3) is 0.0833. The minimum Gasteiger partial charge on any atom is -0.507 e. The van der Waals surface area contributed by atoms with Gasteiger partial charge in [-0.3, -0.25) is 14.5 Å². The summed E-state index contributed by atoms with van der Waals surface area (Å²) in [5, 5.41) is 11.4. The van der Waals surface area contributed by atoms with E-state index in [9.17, 15) is 14.7 Å². The number of ether oxygens (including phenoxy) is 1. The Hall–Kier alpha value is -3.57. The molecule has 1 atom stereocenters. The molecule has 6 heteroatoms. The van der Waals surface area contributed by atoms with E-state index >= 15 is 0 Å². The number of methoxy groups -OCH3 is 1. The number of para-hydroxylation sites is 1. The van der Waals surface area contributed by atoms with Crippen molar-refractivity contribution in [2.24, 2.45) is 0 Å². The largest absolute Gasteiger partial charge is 0.507 e. The summed E-state index contributed by atoms with van der Waals surface area (Å²) in [5.74, 6) is -1.30. The zero-order valence-corrected chi connectivity index (χ0v) is 16.8. The highest BCUT2D eigenvalue weighted by Gasteiger charge is 2.46. The summed E-state index contributed by atoms with van der Waals surface area (Å²) >= 11 is 6.20. The third-order valence-corrected chi connectivity index (χ3v) is 5.31. The molecule has 0 radical (unpaired) electrons. The summed E-state index contributed by atoms with van der Waals surface area (Å²) in [6, 6.07) is 22.0. The fourth-order valence-electron chi connectivity index (χ4n) is 3.61. The molecule has 150 valence electrons. The van der Waals surface area contributed by atoms with Crippen LogP contribution < -0.4 is 9.64 Å². The molecule has 3 aromatic carbocycles. The minimum absolute atomic E-state index is 0.0105. The van der Waals surface area contributed by atoms with E-state index in [1.807, 2.05) is 36.4 Å². The Morgan fingerprint density at radius 3 is 2.20 bits per heavy atom. The van der Waals surface area contributed by atoms with Crippen LogP contribution >= 0.6 is 11.6 Å². The molecule has 1 unspecified atom stereocenters. The Bertz CT molecular complexity index is 1140. The summed E-state index contributed by atoms with van der Waals surface area (Å²) in [7, 11) is 1.49. The molecule has 1 amide bonds. The molecule has 1 aliphatic heterocycles. The summed E-state index contributed by atoms with van der Waals surface area (Å²) < 4.78 is 5.15. The van der Waals surface area contributed by atoms with Gasteiger partial charge >= 0.3 is 0 Å². The second kappa shape index (κ2) is 8.05. The van der Waals surface area contributed by atoms with Crippen LogP contribution in [0.5, 0.6) is 5.75 Å². The summed E-state index contributed by atoms with van der Waals surface area (Å²) in [6.07, 6.45) is 0. The Morgan fingerprint density at radius 1 is 0.967 bits per heavy atom. The van der Waals surface area contributed by atoms with E-state index < -0.39 is 17.7 Å². The van der Waals surface area contributed by atoms with E-state index in [2.05, 4.69) is 0 Å². The van der Waals surface area contributed by atoms with Crippen LogP contribution in [0.25, 0.3) is 5.76 Å². The van der Waals surface area contributed by atoms with Crippen molar-refractivity contribution in [2.45, 2.75) is 6.04 Å². The normalized spacial score (nSPS) is 17.9. The standard InChI is InChI=1S/C24H18ClNO4/c1-30-19-13-12-16(14-18(19)25)22(27)20-21(15-8-4-2-5-9-15)26(24(29)23(20)28)17-10-6-3-7-11-17/h2-14,21,27H,1H3/b22-20-. The van der Waals surface area contributed by atoms with E-state index in [-0.39, 0.29) is 16.4 Å². The monoisotopic (exact) mass is 419 g/mol. The molecule has 1 N–H and O–H groups in total. The molecule has 0 bridgehead atoms. The Labute approximate surface area is 178 Å². The number of rotatable bonds is 4. The maximum atomic E-state index is 13.0. The van der Waals surface area contributed by atoms with Gasteiger partial charge in [0.2, 0.25) is 0 Å². The second-order valence-corrected chi connectivity index (χ2v) is 7.17. The third-order valence-electron chi connectivity index (χ3n) is 5.02. The van der Waals surface area contributed by atoms with Crippen LogP contribution in [-0.4, -0.2) is 23.9 Å². The quantitative estimate of drug-likeness (QED) is 0.368. The molecule has 4 rings (SSSR count). The number of carbonyl (C=O) groups excluding carboxylic acids is 2. The van der Waals surface area contributed by atoms with Gasteiger partial charge in [0.25, 0.3) is 11.7 Å². The van der Waals surface area contributed by atoms with E-state index in [1.165, 1.54) is 18.1 Å². The predicted octanol–water partition coefficient (Wildman–Crippen LogP) is 4.97. The number of carbonyl (C=O) groups is 2. The molecule has 0 aromatic heterocycles. The molecule has 1 saturated heterocycles. The van der Waals surface area contributed by atoms with Gasteiger partial charge in [0.1, 0.15) is 11.5 Å². The lowest BCUT2D eigenvalue weighted by Gasteiger charge is -2.25. The lowest BCUT2D eigenvalue weighted by Crippen LogP contribution is -2.29. The zero-order chi connectivity index (χ0) is 21.3. The molecule has 30 heavy (non-hydrogen) atoms. The number of benzene rings is 3. The van der Waals surface area contributed by atoms with Crippen LogP contribution in [0.2, 0.25) is 5.02 Å². The van der Waals surface area contributed by atoms with Gasteiger partial charge in [-0.1, -0.05) is 60.1 Å². The van der Waals surface area contributed by atoms with Crippen molar-refractivity contribution < 1.29 is 19.4 Å². The maximum absolute atomic E-state index is 13.0. The van der Waals surface area contributed by atoms with Crippen LogP contribution in [0.3, 0.4) is 0 Å². The van der Waals surface area contributed by atoms with Crippen LogP contribution in [0, 0.1) is 0 Å². The first-order valence-electron chi connectivity index (χ1n) is 9.28. The second-order valence-electron chi connectivity index (χ2n) is 6.76. The lowest BCUT2D eigenvalue weighted by molar-refractivity contribution is -0.132. The highest BCUT2D eigenvalue weighted by atomic mass is 35.5. The van der Waals surface area contributed by atoms with Crippen molar-refractivity contribution in [3.8, 4) is 5.75 Å². The van der Waals surface area contributed by atoms with Gasteiger partial charge in [0.05, 0.1) is 23.7 Å². The number of hydrogen-bond donors (Lipinski definition) is 1. The van der Waals surface area contributed by atoms with Crippen molar-refractivity contribution in [1.82, 2.24) is 0 Å². The van der Waals surface area contributed by atoms with Crippen molar-refractivity contribution >= 4 is 34.7 Å². The topological polar surface area (TPSA) is 66.8 Å². The molecule has 3 aromatic rings. The number of aliphatic hydroxyl groups excluding tert-OH is 1. The van der Waals surface area contributed by atoms with Crippen molar-refractivity contribution in [3.63, 3.8) is 0 Å². The molecule has 0 saturated carbocycles. The van der Waals surface area contributed by atoms with Gasteiger partial charge in [-0.05, 0) is 35.9 Å². The predicted molar refractivity (Wildman–Crippen MR) is 116 cm³/mol. The van der Waals surface area contributed by atoms with Crippen molar-refractivity contribution in [2.75, 3.05) is 12.0 Å². The molecule has 1 heterocycles. The fourth-order valence-corrected chi connectivity index (χ4v) is 3.87.